The van der Waals surface area contributed by atoms with Crippen molar-refractivity contribution in [1.82, 2.24) is 10.2 Å². The van der Waals surface area contributed by atoms with E-state index < -0.39 is 33.6 Å². The van der Waals surface area contributed by atoms with E-state index in [0.717, 1.165) is 12.1 Å². The molecule has 1 amide bonds. The molecule has 7 nitrogen and oxygen atoms in total. The van der Waals surface area contributed by atoms with Gasteiger partial charge in [-0.15, -0.1) is 0 Å². The van der Waals surface area contributed by atoms with Gasteiger partial charge < -0.3 is 16.0 Å². The first-order valence-corrected chi connectivity index (χ1v) is 5.92. The van der Waals surface area contributed by atoms with Gasteiger partial charge in [-0.3, -0.25) is 14.9 Å². The maximum Gasteiger partial charge on any atom is 0.293 e. The van der Waals surface area contributed by atoms with E-state index in [1.165, 1.54) is 0 Å². The lowest BCUT2D eigenvalue weighted by atomic mass is 10.1. The number of carbonyl (C=O) groups is 1. The van der Waals surface area contributed by atoms with E-state index in [-0.39, 0.29) is 12.6 Å². The summed E-state index contributed by atoms with van der Waals surface area (Å²) in [5.41, 5.74) is 4.05. The van der Waals surface area contributed by atoms with Gasteiger partial charge in [-0.05, 0) is 27.1 Å². The number of amides is 1. The summed E-state index contributed by atoms with van der Waals surface area (Å²) >= 11 is 0. The maximum absolute atomic E-state index is 13.7. The summed E-state index contributed by atoms with van der Waals surface area (Å²) in [4.78, 5) is 23.8. The van der Waals surface area contributed by atoms with Gasteiger partial charge in [0.15, 0.2) is 0 Å². The number of nitro groups is 1. The number of hydrogen-bond donors (Lipinski definition) is 2. The zero-order valence-electron chi connectivity index (χ0n) is 11.5. The molecule has 0 aliphatic carbocycles. The fourth-order valence-electron chi connectivity index (χ4n) is 1.48. The van der Waals surface area contributed by atoms with Crippen molar-refractivity contribution >= 4 is 17.3 Å². The van der Waals surface area contributed by atoms with Crippen LogP contribution in [0.15, 0.2) is 12.1 Å². The van der Waals surface area contributed by atoms with Crippen LogP contribution in [0.25, 0.3) is 0 Å². The van der Waals surface area contributed by atoms with Crippen LogP contribution < -0.4 is 11.1 Å². The second-order valence-corrected chi connectivity index (χ2v) is 4.63. The molecule has 0 saturated carbocycles. The van der Waals surface area contributed by atoms with Crippen molar-refractivity contribution < 1.29 is 14.1 Å². The quantitative estimate of drug-likeness (QED) is 0.477. The first-order valence-electron chi connectivity index (χ1n) is 5.92. The molecule has 0 aromatic heterocycles. The molecule has 1 rings (SSSR count). The van der Waals surface area contributed by atoms with E-state index >= 15 is 0 Å². The summed E-state index contributed by atoms with van der Waals surface area (Å²) in [5, 5.41) is 13.2. The van der Waals surface area contributed by atoms with E-state index in [9.17, 15) is 19.3 Å². The van der Waals surface area contributed by atoms with Crippen molar-refractivity contribution in [2.45, 2.75) is 13.0 Å². The van der Waals surface area contributed by atoms with Gasteiger partial charge >= 0.3 is 0 Å². The van der Waals surface area contributed by atoms with Crippen LogP contribution in [0.3, 0.4) is 0 Å². The fourth-order valence-corrected chi connectivity index (χ4v) is 1.48. The number of halogens is 1. The highest BCUT2D eigenvalue weighted by atomic mass is 19.1. The number of likely N-dealkylation sites (N-methyl/N-ethyl adjacent to an activating group) is 1. The standard InChI is InChI=1S/C12H17FN4O3/c1-7(16(2)3)6-15-12(18)10-8(13)4-5-9(11(10)14)17(19)20/h4-5,7H,6,14H2,1-3H3,(H,15,18). The van der Waals surface area contributed by atoms with Crippen LogP contribution in [0.1, 0.15) is 17.3 Å². The van der Waals surface area contributed by atoms with Crippen molar-refractivity contribution in [3.05, 3.63) is 33.6 Å². The Balaban J connectivity index is 2.98. The number of benzene rings is 1. The van der Waals surface area contributed by atoms with Gasteiger partial charge in [0.25, 0.3) is 11.6 Å². The minimum Gasteiger partial charge on any atom is -0.392 e. The second kappa shape index (κ2) is 6.29. The summed E-state index contributed by atoms with van der Waals surface area (Å²) in [6.45, 7) is 2.14. The van der Waals surface area contributed by atoms with Gasteiger partial charge in [0.05, 0.1) is 4.92 Å². The first-order chi connectivity index (χ1) is 9.25. The van der Waals surface area contributed by atoms with Gasteiger partial charge in [-0.1, -0.05) is 0 Å². The highest BCUT2D eigenvalue weighted by Gasteiger charge is 2.23. The highest BCUT2D eigenvalue weighted by Crippen LogP contribution is 2.27. The van der Waals surface area contributed by atoms with Gasteiger partial charge in [-0.2, -0.15) is 0 Å². The van der Waals surface area contributed by atoms with Crippen molar-refractivity contribution in [2.24, 2.45) is 0 Å². The number of nitrogens with one attached hydrogen (secondary N) is 1. The molecule has 0 fully saturated rings. The molecule has 0 saturated heterocycles. The molecule has 0 aliphatic heterocycles. The molecule has 110 valence electrons. The molecule has 0 bridgehead atoms. The van der Waals surface area contributed by atoms with Gasteiger partial charge in [-0.25, -0.2) is 4.39 Å². The summed E-state index contributed by atoms with van der Waals surface area (Å²) in [5.74, 6) is -1.65. The lowest BCUT2D eigenvalue weighted by Crippen LogP contribution is -2.38. The molecule has 8 heteroatoms. The van der Waals surface area contributed by atoms with Crippen molar-refractivity contribution in [3.8, 4) is 0 Å². The predicted octanol–water partition coefficient (Wildman–Crippen LogP) is 0.996. The number of anilines is 1. The van der Waals surface area contributed by atoms with E-state index in [4.69, 9.17) is 5.73 Å². The number of carbonyl (C=O) groups excluding carboxylic acids is 1. The van der Waals surface area contributed by atoms with Crippen molar-refractivity contribution in [1.29, 1.82) is 0 Å². The molecule has 1 atom stereocenters. The molecule has 0 heterocycles. The van der Waals surface area contributed by atoms with E-state index in [2.05, 4.69) is 5.32 Å². The van der Waals surface area contributed by atoms with E-state index in [1.807, 2.05) is 25.9 Å². The molecular weight excluding hydrogens is 267 g/mol. The number of nitro benzene ring substituents is 1. The summed E-state index contributed by atoms with van der Waals surface area (Å²) in [7, 11) is 3.66. The monoisotopic (exact) mass is 284 g/mol. The average molecular weight is 284 g/mol. The predicted molar refractivity (Wildman–Crippen MR) is 72.9 cm³/mol. The van der Waals surface area contributed by atoms with Crippen LogP contribution in [0.2, 0.25) is 0 Å². The Labute approximate surface area is 115 Å². The minimum absolute atomic E-state index is 0.0296. The van der Waals surface area contributed by atoms with Crippen molar-refractivity contribution in [2.75, 3.05) is 26.4 Å². The van der Waals surface area contributed by atoms with Crippen LogP contribution >= 0.6 is 0 Å². The van der Waals surface area contributed by atoms with Crippen LogP contribution in [0, 0.1) is 15.9 Å². The molecule has 3 N–H and O–H groups in total. The number of nitrogen functional groups attached to an aromatic ring is 1. The third-order valence-corrected chi connectivity index (χ3v) is 3.03. The normalized spacial score (nSPS) is 12.2. The fraction of sp³-hybridized carbons (Fsp3) is 0.417. The Morgan fingerprint density at radius 2 is 2.15 bits per heavy atom. The first kappa shape index (κ1) is 15.8. The highest BCUT2D eigenvalue weighted by molar-refractivity contribution is 6.01. The Morgan fingerprint density at radius 3 is 2.65 bits per heavy atom. The van der Waals surface area contributed by atoms with Crippen LogP contribution in [-0.4, -0.2) is 42.4 Å². The molecule has 1 aromatic carbocycles. The van der Waals surface area contributed by atoms with Crippen LogP contribution in [0.4, 0.5) is 15.8 Å². The zero-order chi connectivity index (χ0) is 15.4. The smallest absolute Gasteiger partial charge is 0.293 e. The third-order valence-electron chi connectivity index (χ3n) is 3.03. The topological polar surface area (TPSA) is 101 Å². The lowest BCUT2D eigenvalue weighted by Gasteiger charge is -2.20. The van der Waals surface area contributed by atoms with Crippen LogP contribution in [0.5, 0.6) is 0 Å². The molecule has 0 spiro atoms. The molecular formula is C12H17FN4O3. The molecule has 1 unspecified atom stereocenters. The molecule has 1 aromatic rings. The third kappa shape index (κ3) is 3.41. The second-order valence-electron chi connectivity index (χ2n) is 4.63. The summed E-state index contributed by atoms with van der Waals surface area (Å²) < 4.78 is 13.7. The lowest BCUT2D eigenvalue weighted by molar-refractivity contribution is -0.384. The Bertz CT molecular complexity index is 534. The van der Waals surface area contributed by atoms with Crippen molar-refractivity contribution in [3.63, 3.8) is 0 Å². The van der Waals surface area contributed by atoms with E-state index in [1.54, 1.807) is 0 Å². The number of nitrogens with zero attached hydrogens (tertiary/aromatic N) is 2. The van der Waals surface area contributed by atoms with Gasteiger partial charge in [0.1, 0.15) is 17.1 Å². The van der Waals surface area contributed by atoms with Gasteiger partial charge in [0.2, 0.25) is 0 Å². The Morgan fingerprint density at radius 1 is 1.55 bits per heavy atom. The SMILES string of the molecule is CC(CNC(=O)c1c(F)ccc([N+](=O)[O-])c1N)N(C)C. The van der Waals surface area contributed by atoms with Gasteiger partial charge in [0, 0.05) is 18.7 Å². The maximum atomic E-state index is 13.7. The number of nitrogens with two attached hydrogens (primary N) is 1. The molecule has 20 heavy (non-hydrogen) atoms. The molecule has 0 radical (unpaired) electrons. The Kier molecular flexibility index (Phi) is 4.98. The number of rotatable bonds is 5. The van der Waals surface area contributed by atoms with Crippen LogP contribution in [-0.2, 0) is 0 Å². The largest absolute Gasteiger partial charge is 0.392 e. The minimum atomic E-state index is -0.886. The van der Waals surface area contributed by atoms with E-state index in [0.29, 0.717) is 0 Å². The number of hydrogen-bond acceptors (Lipinski definition) is 5. The molecule has 0 aliphatic rings. The summed E-state index contributed by atoms with van der Waals surface area (Å²) in [6, 6.07) is 1.82. The summed E-state index contributed by atoms with van der Waals surface area (Å²) in [6.07, 6.45) is 0. The average Bonchev–Trinajstić information content (AvgIpc) is 2.35. The zero-order valence-corrected chi connectivity index (χ0v) is 11.5. The Hall–Kier alpha value is -2.22.